The predicted octanol–water partition coefficient (Wildman–Crippen LogP) is 3.27. The first-order valence-electron chi connectivity index (χ1n) is 9.11. The molecule has 0 atom stereocenters. The number of methoxy groups -OCH3 is 2. The van der Waals surface area contributed by atoms with Crippen LogP contribution < -0.4 is 20.1 Å². The minimum absolute atomic E-state index is 0.244. The van der Waals surface area contributed by atoms with Crippen LogP contribution in [0.4, 0.5) is 5.82 Å². The normalized spacial score (nSPS) is 10.3. The van der Waals surface area contributed by atoms with Crippen LogP contribution in [0.3, 0.4) is 0 Å². The zero-order chi connectivity index (χ0) is 20.8. The number of aromatic nitrogens is 1. The van der Waals surface area contributed by atoms with Gasteiger partial charge in [0.2, 0.25) is 0 Å². The summed E-state index contributed by atoms with van der Waals surface area (Å²) in [5.74, 6) is 1.35. The predicted molar refractivity (Wildman–Crippen MR) is 112 cm³/mol. The van der Waals surface area contributed by atoms with Gasteiger partial charge in [0.1, 0.15) is 23.4 Å². The van der Waals surface area contributed by atoms with Gasteiger partial charge in [-0.25, -0.2) is 4.98 Å². The van der Waals surface area contributed by atoms with Gasteiger partial charge in [-0.15, -0.1) is 0 Å². The summed E-state index contributed by atoms with van der Waals surface area (Å²) in [4.78, 5) is 17.0. The Kier molecular flexibility index (Phi) is 6.15. The lowest BCUT2D eigenvalue weighted by atomic mass is 10.1. The molecule has 0 unspecified atom stereocenters. The Bertz CT molecular complexity index is 1070. The van der Waals surface area contributed by atoms with Gasteiger partial charge in [0.15, 0.2) is 0 Å². The first-order valence-corrected chi connectivity index (χ1v) is 9.11. The fraction of sp³-hybridized carbons (Fsp3) is 0.227. The van der Waals surface area contributed by atoms with Gasteiger partial charge in [-0.05, 0) is 30.7 Å². The Morgan fingerprint density at radius 3 is 2.48 bits per heavy atom. The van der Waals surface area contributed by atoms with E-state index >= 15 is 0 Å². The second-order valence-corrected chi connectivity index (χ2v) is 6.43. The van der Waals surface area contributed by atoms with E-state index in [-0.39, 0.29) is 5.91 Å². The summed E-state index contributed by atoms with van der Waals surface area (Å²) in [5.41, 5.74) is 2.79. The zero-order valence-electron chi connectivity index (χ0n) is 16.6. The number of carbonyl (C=O) groups is 1. The fourth-order valence-corrected chi connectivity index (χ4v) is 2.96. The second-order valence-electron chi connectivity index (χ2n) is 6.43. The molecular formula is C22H22N4O3. The van der Waals surface area contributed by atoms with Crippen LogP contribution >= 0.6 is 0 Å². The number of ether oxygens (including phenoxy) is 2. The van der Waals surface area contributed by atoms with Gasteiger partial charge in [0.05, 0.1) is 25.3 Å². The maximum atomic E-state index is 12.4. The number of hydrogen-bond acceptors (Lipinski definition) is 6. The van der Waals surface area contributed by atoms with Crippen LogP contribution in [0.5, 0.6) is 11.5 Å². The second kappa shape index (κ2) is 8.93. The number of fused-ring (bicyclic) bond motifs is 1. The number of para-hydroxylation sites is 1. The lowest BCUT2D eigenvalue weighted by molar-refractivity contribution is 0.0954. The molecular weight excluding hydrogens is 368 g/mol. The van der Waals surface area contributed by atoms with Crippen molar-refractivity contribution in [2.75, 3.05) is 32.6 Å². The monoisotopic (exact) mass is 390 g/mol. The van der Waals surface area contributed by atoms with E-state index in [4.69, 9.17) is 9.47 Å². The third kappa shape index (κ3) is 4.55. The van der Waals surface area contributed by atoms with Gasteiger partial charge < -0.3 is 20.1 Å². The van der Waals surface area contributed by atoms with E-state index in [1.54, 1.807) is 18.2 Å². The van der Waals surface area contributed by atoms with Crippen LogP contribution in [0.2, 0.25) is 0 Å². The molecule has 7 nitrogen and oxygen atoms in total. The van der Waals surface area contributed by atoms with Crippen LogP contribution in [0.15, 0.2) is 42.5 Å². The molecule has 0 bridgehead atoms. The molecule has 29 heavy (non-hydrogen) atoms. The Morgan fingerprint density at radius 1 is 1.10 bits per heavy atom. The maximum Gasteiger partial charge on any atom is 0.251 e. The molecule has 0 spiro atoms. The molecule has 0 fully saturated rings. The minimum atomic E-state index is -0.244. The van der Waals surface area contributed by atoms with Gasteiger partial charge >= 0.3 is 0 Å². The highest BCUT2D eigenvalue weighted by molar-refractivity contribution is 5.95. The van der Waals surface area contributed by atoms with Gasteiger partial charge in [-0.3, -0.25) is 4.79 Å². The molecule has 0 saturated carbocycles. The molecule has 0 aliphatic rings. The lowest BCUT2D eigenvalue weighted by Gasteiger charge is -2.11. The third-order valence-electron chi connectivity index (χ3n) is 4.48. The van der Waals surface area contributed by atoms with Crippen molar-refractivity contribution in [3.05, 3.63) is 59.2 Å². The average Bonchev–Trinajstić information content (AvgIpc) is 2.75. The number of pyridine rings is 1. The number of nitrogens with zero attached hydrogens (tertiary/aromatic N) is 2. The number of nitrogens with one attached hydrogen (secondary N) is 2. The standard InChI is InChI=1S/C22H22N4O3/c1-14-5-4-6-15-9-17(13-23)21(26-20(14)15)24-7-8-25-22(27)16-10-18(28-2)12-19(11-16)29-3/h4-6,9-12H,7-8H2,1-3H3,(H,24,26)(H,25,27). The number of rotatable bonds is 7. The molecule has 0 radical (unpaired) electrons. The Hall–Kier alpha value is -3.79. The zero-order valence-corrected chi connectivity index (χ0v) is 16.6. The Morgan fingerprint density at radius 2 is 1.83 bits per heavy atom. The summed E-state index contributed by atoms with van der Waals surface area (Å²) < 4.78 is 10.4. The van der Waals surface area contributed by atoms with E-state index in [9.17, 15) is 10.1 Å². The smallest absolute Gasteiger partial charge is 0.251 e. The molecule has 1 heterocycles. The van der Waals surface area contributed by atoms with Crippen molar-refractivity contribution in [3.63, 3.8) is 0 Å². The maximum absolute atomic E-state index is 12.4. The number of aryl methyl sites for hydroxylation is 1. The largest absolute Gasteiger partial charge is 0.497 e. The number of carbonyl (C=O) groups excluding carboxylic acids is 1. The summed E-state index contributed by atoms with van der Waals surface area (Å²) in [7, 11) is 3.07. The quantitative estimate of drug-likeness (QED) is 0.601. The van der Waals surface area contributed by atoms with Gasteiger partial charge in [-0.1, -0.05) is 18.2 Å². The third-order valence-corrected chi connectivity index (χ3v) is 4.48. The van der Waals surface area contributed by atoms with E-state index in [2.05, 4.69) is 21.7 Å². The highest BCUT2D eigenvalue weighted by Gasteiger charge is 2.11. The molecule has 7 heteroatoms. The lowest BCUT2D eigenvalue weighted by Crippen LogP contribution is -2.29. The van der Waals surface area contributed by atoms with E-state index in [0.717, 1.165) is 16.5 Å². The van der Waals surface area contributed by atoms with E-state index in [0.29, 0.717) is 41.5 Å². The van der Waals surface area contributed by atoms with Crippen LogP contribution in [0, 0.1) is 18.3 Å². The topological polar surface area (TPSA) is 96.3 Å². The molecule has 0 aliphatic heterocycles. The van der Waals surface area contributed by atoms with Crippen molar-refractivity contribution in [3.8, 4) is 17.6 Å². The van der Waals surface area contributed by atoms with Crippen molar-refractivity contribution < 1.29 is 14.3 Å². The highest BCUT2D eigenvalue weighted by Crippen LogP contribution is 2.23. The van der Waals surface area contributed by atoms with Gasteiger partial charge in [0.25, 0.3) is 5.91 Å². The first kappa shape index (κ1) is 20.0. The van der Waals surface area contributed by atoms with Gasteiger partial charge in [-0.2, -0.15) is 5.26 Å². The van der Waals surface area contributed by atoms with E-state index < -0.39 is 0 Å². The van der Waals surface area contributed by atoms with Crippen molar-refractivity contribution in [2.24, 2.45) is 0 Å². The van der Waals surface area contributed by atoms with Crippen LogP contribution in [-0.4, -0.2) is 38.2 Å². The van der Waals surface area contributed by atoms with E-state index in [1.807, 2.05) is 31.2 Å². The Balaban J connectivity index is 1.65. The minimum Gasteiger partial charge on any atom is -0.497 e. The number of hydrogen-bond donors (Lipinski definition) is 2. The molecule has 1 amide bonds. The molecule has 2 N–H and O–H groups in total. The molecule has 148 valence electrons. The SMILES string of the molecule is COc1cc(OC)cc(C(=O)NCCNc2nc3c(C)cccc3cc2C#N)c1. The molecule has 1 aromatic heterocycles. The molecule has 0 aliphatic carbocycles. The highest BCUT2D eigenvalue weighted by atomic mass is 16.5. The van der Waals surface area contributed by atoms with Gasteiger partial charge in [0, 0.05) is 30.1 Å². The summed E-state index contributed by atoms with van der Waals surface area (Å²) in [6.45, 7) is 2.76. The summed E-state index contributed by atoms with van der Waals surface area (Å²) in [6.07, 6.45) is 0. The van der Waals surface area contributed by atoms with Crippen molar-refractivity contribution >= 4 is 22.6 Å². The van der Waals surface area contributed by atoms with Crippen molar-refractivity contribution in [1.82, 2.24) is 10.3 Å². The molecule has 3 rings (SSSR count). The van der Waals surface area contributed by atoms with Crippen LogP contribution in [0.25, 0.3) is 10.9 Å². The van der Waals surface area contributed by atoms with Crippen LogP contribution in [0.1, 0.15) is 21.5 Å². The average molecular weight is 390 g/mol. The Labute approximate surface area is 169 Å². The number of anilines is 1. The molecule has 0 saturated heterocycles. The number of amides is 1. The van der Waals surface area contributed by atoms with Crippen molar-refractivity contribution in [1.29, 1.82) is 5.26 Å². The van der Waals surface area contributed by atoms with Crippen molar-refractivity contribution in [2.45, 2.75) is 6.92 Å². The van der Waals surface area contributed by atoms with Crippen LogP contribution in [-0.2, 0) is 0 Å². The number of nitriles is 1. The summed E-state index contributed by atoms with van der Waals surface area (Å²) in [5, 5.41) is 16.3. The fourth-order valence-electron chi connectivity index (χ4n) is 2.96. The summed E-state index contributed by atoms with van der Waals surface area (Å²) in [6, 6.07) is 14.8. The first-order chi connectivity index (χ1) is 14.0. The summed E-state index contributed by atoms with van der Waals surface area (Å²) >= 11 is 0. The number of benzene rings is 2. The van der Waals surface area contributed by atoms with E-state index in [1.165, 1.54) is 14.2 Å². The molecule has 3 aromatic rings. The molecule has 2 aromatic carbocycles.